The van der Waals surface area contributed by atoms with E-state index >= 15 is 0 Å². The number of aromatic nitrogens is 2. The largest absolute Gasteiger partial charge is 0.477 e. The van der Waals surface area contributed by atoms with Crippen molar-refractivity contribution in [2.75, 3.05) is 12.4 Å². The normalized spacial score (nSPS) is 10.7. The lowest BCUT2D eigenvalue weighted by Crippen LogP contribution is -2.06. The summed E-state index contributed by atoms with van der Waals surface area (Å²) in [7, 11) is 1.58. The summed E-state index contributed by atoms with van der Waals surface area (Å²) in [5, 5.41) is 16.1. The van der Waals surface area contributed by atoms with E-state index < -0.39 is 12.6 Å². The molecule has 21 heavy (non-hydrogen) atoms. The summed E-state index contributed by atoms with van der Waals surface area (Å²) in [6.45, 7) is -1.32. The Bertz CT molecular complexity index is 653. The summed E-state index contributed by atoms with van der Waals surface area (Å²) >= 11 is 0. The first kappa shape index (κ1) is 14.8. The zero-order valence-electron chi connectivity index (χ0n) is 11.3. The topological polar surface area (TPSA) is 76.4 Å². The van der Waals surface area contributed by atoms with Gasteiger partial charge in [0.2, 0.25) is 0 Å². The number of aryl methyl sites for hydroxylation is 1. The van der Waals surface area contributed by atoms with E-state index in [-0.39, 0.29) is 11.3 Å². The predicted octanol–water partition coefficient (Wildman–Crippen LogP) is 2.52. The third-order valence-corrected chi connectivity index (χ3v) is 2.82. The number of aromatic carboxylic acids is 1. The van der Waals surface area contributed by atoms with Gasteiger partial charge in [-0.2, -0.15) is 13.9 Å². The smallest absolute Gasteiger partial charge is 0.387 e. The summed E-state index contributed by atoms with van der Waals surface area (Å²) in [6.07, 6.45) is 0. The minimum Gasteiger partial charge on any atom is -0.477 e. The second kappa shape index (κ2) is 5.78. The summed E-state index contributed by atoms with van der Waals surface area (Å²) in [6, 6.07) is 5.74. The van der Waals surface area contributed by atoms with Crippen molar-refractivity contribution >= 4 is 11.8 Å². The van der Waals surface area contributed by atoms with E-state index in [2.05, 4.69) is 15.2 Å². The molecule has 2 aromatic rings. The summed E-state index contributed by atoms with van der Waals surface area (Å²) in [5.41, 5.74) is 0.932. The monoisotopic (exact) mass is 297 g/mol. The molecule has 8 heteroatoms. The lowest BCUT2D eigenvalue weighted by molar-refractivity contribution is -0.0498. The number of nitrogens with one attached hydrogen (secondary N) is 1. The van der Waals surface area contributed by atoms with Crippen LogP contribution in [0.15, 0.2) is 24.3 Å². The highest BCUT2D eigenvalue weighted by Crippen LogP contribution is 2.25. The number of nitrogens with zero attached hydrogens (tertiary/aromatic N) is 2. The summed E-state index contributed by atoms with van der Waals surface area (Å²) in [5.74, 6) is -0.773. The molecule has 0 spiro atoms. The van der Waals surface area contributed by atoms with Crippen LogP contribution in [-0.4, -0.2) is 34.5 Å². The van der Waals surface area contributed by atoms with E-state index in [0.717, 1.165) is 0 Å². The third-order valence-electron chi connectivity index (χ3n) is 2.82. The van der Waals surface area contributed by atoms with Crippen molar-refractivity contribution in [2.24, 2.45) is 0 Å². The third kappa shape index (κ3) is 2.93. The van der Waals surface area contributed by atoms with Crippen LogP contribution in [0.3, 0.4) is 0 Å². The van der Waals surface area contributed by atoms with Gasteiger partial charge in [-0.25, -0.2) is 9.48 Å². The number of alkyl halides is 2. The van der Waals surface area contributed by atoms with Crippen molar-refractivity contribution in [3.8, 4) is 11.4 Å². The van der Waals surface area contributed by atoms with Gasteiger partial charge in [0.05, 0.1) is 11.4 Å². The molecular weight excluding hydrogens is 284 g/mol. The van der Waals surface area contributed by atoms with Crippen molar-refractivity contribution in [1.29, 1.82) is 0 Å². The molecule has 0 aliphatic heterocycles. The van der Waals surface area contributed by atoms with E-state index in [0.29, 0.717) is 17.2 Å². The molecule has 0 bridgehead atoms. The van der Waals surface area contributed by atoms with Gasteiger partial charge in [0.15, 0.2) is 0 Å². The Morgan fingerprint density at radius 3 is 2.48 bits per heavy atom. The minimum atomic E-state index is -2.89. The van der Waals surface area contributed by atoms with Crippen LogP contribution in [-0.2, 0) is 0 Å². The maximum atomic E-state index is 12.1. The van der Waals surface area contributed by atoms with Crippen LogP contribution in [0, 0.1) is 6.92 Å². The van der Waals surface area contributed by atoms with Crippen molar-refractivity contribution in [1.82, 2.24) is 9.78 Å². The molecule has 2 rings (SSSR count). The quantitative estimate of drug-likeness (QED) is 0.887. The lowest BCUT2D eigenvalue weighted by atomic mass is 10.2. The predicted molar refractivity (Wildman–Crippen MR) is 71.4 cm³/mol. The van der Waals surface area contributed by atoms with Gasteiger partial charge in [-0.1, -0.05) is 0 Å². The number of anilines is 1. The SMILES string of the molecule is CNc1c(C(=O)O)c(C)nn1-c1ccc(OC(F)F)cc1. The van der Waals surface area contributed by atoms with E-state index in [1.54, 1.807) is 14.0 Å². The summed E-state index contributed by atoms with van der Waals surface area (Å²) in [4.78, 5) is 11.2. The maximum absolute atomic E-state index is 12.1. The molecule has 0 fully saturated rings. The highest BCUT2D eigenvalue weighted by Gasteiger charge is 2.21. The van der Waals surface area contributed by atoms with Gasteiger partial charge < -0.3 is 15.2 Å². The van der Waals surface area contributed by atoms with Gasteiger partial charge in [-0.15, -0.1) is 0 Å². The molecule has 0 amide bonds. The molecule has 1 aromatic heterocycles. The molecular formula is C13H13F2N3O3. The molecule has 1 heterocycles. The summed E-state index contributed by atoms with van der Waals surface area (Å²) < 4.78 is 29.8. The molecule has 112 valence electrons. The molecule has 0 saturated carbocycles. The Labute approximate surface area is 119 Å². The number of hydrogen-bond acceptors (Lipinski definition) is 4. The Morgan fingerprint density at radius 1 is 1.38 bits per heavy atom. The molecule has 6 nitrogen and oxygen atoms in total. The molecule has 0 unspecified atom stereocenters. The van der Waals surface area contributed by atoms with Crippen molar-refractivity contribution in [3.05, 3.63) is 35.5 Å². The second-order valence-corrected chi connectivity index (χ2v) is 4.15. The van der Waals surface area contributed by atoms with Gasteiger partial charge in [-0.05, 0) is 31.2 Å². The fourth-order valence-electron chi connectivity index (χ4n) is 1.97. The highest BCUT2D eigenvalue weighted by atomic mass is 19.3. The number of benzene rings is 1. The molecule has 2 N–H and O–H groups in total. The van der Waals surface area contributed by atoms with E-state index in [1.807, 2.05) is 0 Å². The highest BCUT2D eigenvalue weighted by molar-refractivity contribution is 5.95. The van der Waals surface area contributed by atoms with Crippen LogP contribution in [0.2, 0.25) is 0 Å². The molecule has 1 aromatic carbocycles. The number of carboxylic acids is 1. The van der Waals surface area contributed by atoms with Gasteiger partial charge >= 0.3 is 12.6 Å². The molecule has 0 saturated heterocycles. The Hall–Kier alpha value is -2.64. The first-order valence-corrected chi connectivity index (χ1v) is 6.00. The van der Waals surface area contributed by atoms with E-state index in [9.17, 15) is 18.7 Å². The standard InChI is InChI=1S/C13H13F2N3O3/c1-7-10(12(19)20)11(16-2)18(17-7)8-3-5-9(6-4-8)21-13(14)15/h3-6,13,16H,1-2H3,(H,19,20). The molecule has 0 aliphatic rings. The minimum absolute atomic E-state index is 0.0158. The van der Waals surface area contributed by atoms with Crippen LogP contribution in [0.25, 0.3) is 5.69 Å². The van der Waals surface area contributed by atoms with Gasteiger partial charge in [0.1, 0.15) is 17.1 Å². The Kier molecular flexibility index (Phi) is 4.06. The number of rotatable bonds is 5. The Balaban J connectivity index is 2.42. The number of carboxylic acid groups (broad SMARTS) is 1. The van der Waals surface area contributed by atoms with Gasteiger partial charge in [0.25, 0.3) is 0 Å². The van der Waals surface area contributed by atoms with E-state index in [1.165, 1.54) is 28.9 Å². The number of carbonyl (C=O) groups is 1. The van der Waals surface area contributed by atoms with Crippen molar-refractivity contribution < 1.29 is 23.4 Å². The number of halogens is 2. The second-order valence-electron chi connectivity index (χ2n) is 4.15. The zero-order chi connectivity index (χ0) is 15.6. The van der Waals surface area contributed by atoms with Gasteiger partial charge in [0, 0.05) is 7.05 Å². The maximum Gasteiger partial charge on any atom is 0.387 e. The van der Waals surface area contributed by atoms with Crippen LogP contribution < -0.4 is 10.1 Å². The fraction of sp³-hybridized carbons (Fsp3) is 0.231. The van der Waals surface area contributed by atoms with E-state index in [4.69, 9.17) is 0 Å². The first-order chi connectivity index (χ1) is 9.93. The number of hydrogen-bond donors (Lipinski definition) is 2. The fourth-order valence-corrected chi connectivity index (χ4v) is 1.97. The zero-order valence-corrected chi connectivity index (χ0v) is 11.3. The van der Waals surface area contributed by atoms with Crippen molar-refractivity contribution in [2.45, 2.75) is 13.5 Å². The lowest BCUT2D eigenvalue weighted by Gasteiger charge is -2.09. The number of ether oxygens (including phenoxy) is 1. The molecule has 0 atom stereocenters. The van der Waals surface area contributed by atoms with Crippen LogP contribution in [0.4, 0.5) is 14.6 Å². The van der Waals surface area contributed by atoms with Crippen molar-refractivity contribution in [3.63, 3.8) is 0 Å². The first-order valence-electron chi connectivity index (χ1n) is 6.00. The Morgan fingerprint density at radius 2 is 2.00 bits per heavy atom. The van der Waals surface area contributed by atoms with Crippen LogP contribution in [0.5, 0.6) is 5.75 Å². The van der Waals surface area contributed by atoms with Crippen LogP contribution in [0.1, 0.15) is 16.1 Å². The van der Waals surface area contributed by atoms with Crippen LogP contribution >= 0.6 is 0 Å². The molecule has 0 aliphatic carbocycles. The van der Waals surface area contributed by atoms with Gasteiger partial charge in [-0.3, -0.25) is 0 Å². The molecule has 0 radical (unpaired) electrons. The average molecular weight is 297 g/mol. The average Bonchev–Trinajstić information content (AvgIpc) is 2.75.